The van der Waals surface area contributed by atoms with E-state index in [2.05, 4.69) is 36.8 Å². The van der Waals surface area contributed by atoms with E-state index in [0.717, 1.165) is 15.6 Å². The van der Waals surface area contributed by atoms with Crippen LogP contribution in [0.1, 0.15) is 5.69 Å². The van der Waals surface area contributed by atoms with Crippen LogP contribution in [0.2, 0.25) is 0 Å². The van der Waals surface area contributed by atoms with Crippen molar-refractivity contribution in [2.75, 3.05) is 20.3 Å². The van der Waals surface area contributed by atoms with E-state index >= 15 is 0 Å². The highest BCUT2D eigenvalue weighted by Gasteiger charge is 2.10. The molecule has 2 rings (SSSR count). The summed E-state index contributed by atoms with van der Waals surface area (Å²) in [5.74, 6) is 0.136. The molecule has 0 saturated carbocycles. The fraction of sp³-hybridized carbons (Fsp3) is 0.308. The second-order valence-electron chi connectivity index (χ2n) is 3.93. The highest BCUT2D eigenvalue weighted by Crippen LogP contribution is 2.36. The smallest absolute Gasteiger partial charge is 0.156 e. The molecule has 0 amide bonds. The van der Waals surface area contributed by atoms with Crippen molar-refractivity contribution in [3.63, 3.8) is 0 Å². The van der Waals surface area contributed by atoms with Gasteiger partial charge in [0.1, 0.15) is 5.52 Å². The van der Waals surface area contributed by atoms with Crippen LogP contribution in [0, 0.1) is 0 Å². The molecule has 1 aromatic carbocycles. The van der Waals surface area contributed by atoms with Crippen molar-refractivity contribution in [1.29, 1.82) is 0 Å². The number of phenols is 1. The third-order valence-corrected chi connectivity index (χ3v) is 3.86. The van der Waals surface area contributed by atoms with Crippen LogP contribution in [0.3, 0.4) is 0 Å². The molecule has 19 heavy (non-hydrogen) atoms. The minimum atomic E-state index is 0.136. The number of halogens is 2. The molecule has 0 saturated heterocycles. The van der Waals surface area contributed by atoms with Gasteiger partial charge in [0.15, 0.2) is 5.75 Å². The van der Waals surface area contributed by atoms with Gasteiger partial charge in [-0.2, -0.15) is 0 Å². The van der Waals surface area contributed by atoms with E-state index in [-0.39, 0.29) is 5.75 Å². The Morgan fingerprint density at radius 1 is 1.21 bits per heavy atom. The van der Waals surface area contributed by atoms with Gasteiger partial charge in [0.2, 0.25) is 0 Å². The summed E-state index contributed by atoms with van der Waals surface area (Å²) in [5.41, 5.74) is 1.32. The van der Waals surface area contributed by atoms with E-state index in [9.17, 15) is 5.11 Å². The molecule has 0 aliphatic rings. The maximum atomic E-state index is 10.0. The highest BCUT2D eigenvalue weighted by atomic mass is 79.9. The number of hydrogen-bond acceptors (Lipinski definition) is 4. The molecule has 102 valence electrons. The Bertz CT molecular complexity index is 590. The summed E-state index contributed by atoms with van der Waals surface area (Å²) >= 11 is 6.75. The van der Waals surface area contributed by atoms with Gasteiger partial charge >= 0.3 is 0 Å². The molecule has 1 aromatic heterocycles. The van der Waals surface area contributed by atoms with Gasteiger partial charge in [0.25, 0.3) is 0 Å². The molecule has 0 radical (unpaired) electrons. The number of phenolic OH excluding ortho intramolecular Hbond substituents is 1. The van der Waals surface area contributed by atoms with Crippen LogP contribution in [0.4, 0.5) is 0 Å². The lowest BCUT2D eigenvalue weighted by atomic mass is 10.2. The number of hydrogen-bond donors (Lipinski definition) is 1. The lowest BCUT2D eigenvalue weighted by Crippen LogP contribution is -2.03. The first-order valence-electron chi connectivity index (χ1n) is 5.66. The number of aromatic hydroxyl groups is 1. The fourth-order valence-corrected chi connectivity index (χ4v) is 2.92. The van der Waals surface area contributed by atoms with Crippen LogP contribution in [-0.2, 0) is 16.1 Å². The maximum absolute atomic E-state index is 10.0. The Morgan fingerprint density at radius 3 is 2.74 bits per heavy atom. The summed E-state index contributed by atoms with van der Waals surface area (Å²) in [7, 11) is 1.63. The van der Waals surface area contributed by atoms with E-state index in [0.29, 0.717) is 29.8 Å². The Balaban J connectivity index is 2.27. The number of fused-ring (bicyclic) bond motifs is 1. The molecular weight excluding hydrogens is 378 g/mol. The van der Waals surface area contributed by atoms with Crippen LogP contribution in [0.15, 0.2) is 27.1 Å². The van der Waals surface area contributed by atoms with Gasteiger partial charge in [-0.05, 0) is 34.1 Å². The molecule has 6 heteroatoms. The van der Waals surface area contributed by atoms with Crippen molar-refractivity contribution in [1.82, 2.24) is 4.98 Å². The molecule has 0 unspecified atom stereocenters. The van der Waals surface area contributed by atoms with Crippen molar-refractivity contribution in [3.05, 3.63) is 32.8 Å². The number of methoxy groups -OCH3 is 1. The molecular formula is C13H13Br2NO3. The zero-order valence-electron chi connectivity index (χ0n) is 10.3. The summed E-state index contributed by atoms with van der Waals surface area (Å²) in [6, 6.07) is 5.59. The summed E-state index contributed by atoms with van der Waals surface area (Å²) in [5, 5.41) is 10.9. The lowest BCUT2D eigenvalue weighted by molar-refractivity contribution is 0.0603. The number of nitrogens with zero attached hydrogens (tertiary/aromatic N) is 1. The van der Waals surface area contributed by atoms with E-state index in [1.54, 1.807) is 13.2 Å². The van der Waals surface area contributed by atoms with Crippen molar-refractivity contribution in [2.24, 2.45) is 0 Å². The second-order valence-corrected chi connectivity index (χ2v) is 5.64. The zero-order chi connectivity index (χ0) is 13.8. The van der Waals surface area contributed by atoms with Gasteiger partial charge in [-0.1, -0.05) is 15.9 Å². The largest absolute Gasteiger partial charge is 0.505 e. The molecule has 0 aliphatic carbocycles. The van der Waals surface area contributed by atoms with Gasteiger partial charge in [-0.15, -0.1) is 0 Å². The number of rotatable bonds is 5. The van der Waals surface area contributed by atoms with E-state index < -0.39 is 0 Å². The van der Waals surface area contributed by atoms with E-state index in [1.165, 1.54) is 0 Å². The first kappa shape index (κ1) is 14.7. The summed E-state index contributed by atoms with van der Waals surface area (Å²) in [6.45, 7) is 1.46. The van der Waals surface area contributed by atoms with Crippen LogP contribution in [-0.4, -0.2) is 30.4 Å². The quantitative estimate of drug-likeness (QED) is 0.792. The fourth-order valence-electron chi connectivity index (χ4n) is 1.64. The third-order valence-electron chi connectivity index (χ3n) is 2.60. The minimum Gasteiger partial charge on any atom is -0.505 e. The normalized spacial score (nSPS) is 11.1. The molecule has 0 aliphatic heterocycles. The maximum Gasteiger partial charge on any atom is 0.156 e. The van der Waals surface area contributed by atoms with Gasteiger partial charge in [-0.25, -0.2) is 4.98 Å². The van der Waals surface area contributed by atoms with Crippen molar-refractivity contribution >= 4 is 42.8 Å². The Morgan fingerprint density at radius 2 is 2.00 bits per heavy atom. The van der Waals surface area contributed by atoms with Gasteiger partial charge < -0.3 is 14.6 Å². The molecule has 0 spiro atoms. The molecule has 1 N–H and O–H groups in total. The van der Waals surface area contributed by atoms with Crippen molar-refractivity contribution in [2.45, 2.75) is 6.61 Å². The molecule has 1 heterocycles. The average Bonchev–Trinajstić information content (AvgIpc) is 2.41. The van der Waals surface area contributed by atoms with Crippen molar-refractivity contribution in [3.8, 4) is 5.75 Å². The minimum absolute atomic E-state index is 0.136. The highest BCUT2D eigenvalue weighted by molar-refractivity contribution is 9.11. The van der Waals surface area contributed by atoms with Crippen LogP contribution in [0.25, 0.3) is 10.9 Å². The Hall–Kier alpha value is -0.690. The van der Waals surface area contributed by atoms with Crippen molar-refractivity contribution < 1.29 is 14.6 Å². The lowest BCUT2D eigenvalue weighted by Gasteiger charge is -2.08. The number of benzene rings is 1. The number of aromatic nitrogens is 1. The van der Waals surface area contributed by atoms with E-state index in [4.69, 9.17) is 9.47 Å². The van der Waals surface area contributed by atoms with Gasteiger partial charge in [0, 0.05) is 17.0 Å². The zero-order valence-corrected chi connectivity index (χ0v) is 13.5. The summed E-state index contributed by atoms with van der Waals surface area (Å²) < 4.78 is 11.8. The van der Waals surface area contributed by atoms with Crippen LogP contribution >= 0.6 is 31.9 Å². The topological polar surface area (TPSA) is 51.6 Å². The Kier molecular flexibility index (Phi) is 5.15. The van der Waals surface area contributed by atoms with Crippen LogP contribution in [0.5, 0.6) is 5.75 Å². The molecule has 0 fully saturated rings. The first-order valence-corrected chi connectivity index (χ1v) is 7.25. The number of ether oxygens (including phenoxy) is 2. The van der Waals surface area contributed by atoms with Crippen LogP contribution < -0.4 is 0 Å². The predicted molar refractivity (Wildman–Crippen MR) is 80.3 cm³/mol. The van der Waals surface area contributed by atoms with E-state index in [1.807, 2.05) is 12.1 Å². The number of pyridine rings is 1. The molecule has 4 nitrogen and oxygen atoms in total. The summed E-state index contributed by atoms with van der Waals surface area (Å²) in [6.07, 6.45) is 0. The predicted octanol–water partition coefficient (Wildman–Crippen LogP) is 3.63. The molecule has 2 aromatic rings. The molecule has 0 bridgehead atoms. The second kappa shape index (κ2) is 6.65. The SMILES string of the molecule is COCCOCc1ccc2c(Br)cc(Br)c(O)c2n1. The summed E-state index contributed by atoms with van der Waals surface area (Å²) in [4.78, 5) is 4.42. The first-order chi connectivity index (χ1) is 9.13. The van der Waals surface area contributed by atoms with Gasteiger partial charge in [-0.3, -0.25) is 0 Å². The monoisotopic (exact) mass is 389 g/mol. The third kappa shape index (κ3) is 3.45. The Labute approximate surface area is 128 Å². The molecule has 0 atom stereocenters. The van der Waals surface area contributed by atoms with Gasteiger partial charge in [0.05, 0.1) is 30.0 Å². The standard InChI is InChI=1S/C13H13Br2NO3/c1-18-4-5-19-7-8-2-3-9-10(14)6-11(15)13(17)12(9)16-8/h2-3,6,17H,4-5,7H2,1H3. The average molecular weight is 391 g/mol.